The van der Waals surface area contributed by atoms with Gasteiger partial charge < -0.3 is 15.3 Å². The SMILES string of the molecule is CC(CO)CNC(C)CN(C)C. The van der Waals surface area contributed by atoms with Crippen molar-refractivity contribution in [2.24, 2.45) is 5.92 Å². The summed E-state index contributed by atoms with van der Waals surface area (Å²) in [5.74, 6) is 0.356. The molecule has 12 heavy (non-hydrogen) atoms. The smallest absolute Gasteiger partial charge is 0.0468 e. The van der Waals surface area contributed by atoms with E-state index in [0.717, 1.165) is 13.1 Å². The van der Waals surface area contributed by atoms with Crippen LogP contribution in [0, 0.1) is 5.92 Å². The Morgan fingerprint density at radius 2 is 1.92 bits per heavy atom. The molecule has 3 nitrogen and oxygen atoms in total. The van der Waals surface area contributed by atoms with Crippen LogP contribution in [-0.4, -0.2) is 49.8 Å². The molecule has 0 bridgehead atoms. The topological polar surface area (TPSA) is 35.5 Å². The zero-order chi connectivity index (χ0) is 9.56. The van der Waals surface area contributed by atoms with Gasteiger partial charge in [0, 0.05) is 25.7 Å². The second kappa shape index (κ2) is 6.40. The van der Waals surface area contributed by atoms with Crippen LogP contribution >= 0.6 is 0 Å². The Kier molecular flexibility index (Phi) is 6.34. The molecule has 0 aliphatic rings. The van der Waals surface area contributed by atoms with E-state index >= 15 is 0 Å². The van der Waals surface area contributed by atoms with E-state index < -0.39 is 0 Å². The molecule has 2 unspecified atom stereocenters. The maximum Gasteiger partial charge on any atom is 0.0468 e. The number of nitrogens with zero attached hydrogens (tertiary/aromatic N) is 1. The summed E-state index contributed by atoms with van der Waals surface area (Å²) in [6.45, 7) is 6.39. The summed E-state index contributed by atoms with van der Waals surface area (Å²) in [6, 6.07) is 0.494. The van der Waals surface area contributed by atoms with Gasteiger partial charge in [0.2, 0.25) is 0 Å². The third-order valence-electron chi connectivity index (χ3n) is 1.77. The Labute approximate surface area is 75.8 Å². The van der Waals surface area contributed by atoms with Gasteiger partial charge in [-0.1, -0.05) is 6.92 Å². The first-order valence-electron chi connectivity index (χ1n) is 4.55. The monoisotopic (exact) mass is 174 g/mol. The number of likely N-dealkylation sites (N-methyl/N-ethyl adjacent to an activating group) is 1. The molecular weight excluding hydrogens is 152 g/mol. The summed E-state index contributed by atoms with van der Waals surface area (Å²) >= 11 is 0. The van der Waals surface area contributed by atoms with Crippen molar-refractivity contribution < 1.29 is 5.11 Å². The molecule has 0 saturated heterocycles. The quantitative estimate of drug-likeness (QED) is 0.602. The van der Waals surface area contributed by atoms with Crippen LogP contribution in [0.3, 0.4) is 0 Å². The van der Waals surface area contributed by atoms with Gasteiger partial charge in [0.1, 0.15) is 0 Å². The first-order chi connectivity index (χ1) is 5.56. The van der Waals surface area contributed by atoms with Gasteiger partial charge in [0.25, 0.3) is 0 Å². The molecular formula is C9H22N2O. The highest BCUT2D eigenvalue weighted by Gasteiger charge is 2.04. The standard InChI is InChI=1S/C9H22N2O/c1-8(7-12)5-10-9(2)6-11(3)4/h8-10,12H,5-7H2,1-4H3. The van der Waals surface area contributed by atoms with Crippen molar-refractivity contribution in [3.8, 4) is 0 Å². The lowest BCUT2D eigenvalue weighted by Gasteiger charge is -2.19. The normalized spacial score (nSPS) is 16.5. The predicted octanol–water partition coefficient (Wildman–Crippen LogP) is 0.155. The van der Waals surface area contributed by atoms with Crippen LogP contribution in [0.5, 0.6) is 0 Å². The zero-order valence-corrected chi connectivity index (χ0v) is 8.67. The van der Waals surface area contributed by atoms with Crippen molar-refractivity contribution in [1.82, 2.24) is 10.2 Å². The molecule has 0 aromatic carbocycles. The van der Waals surface area contributed by atoms with E-state index in [1.54, 1.807) is 0 Å². The number of aliphatic hydroxyl groups is 1. The fraction of sp³-hybridized carbons (Fsp3) is 1.00. The summed E-state index contributed by atoms with van der Waals surface area (Å²) in [6.07, 6.45) is 0. The highest BCUT2D eigenvalue weighted by Crippen LogP contribution is 1.91. The number of nitrogens with one attached hydrogen (secondary N) is 1. The molecule has 3 heteroatoms. The highest BCUT2D eigenvalue weighted by molar-refractivity contribution is 4.65. The molecule has 0 spiro atoms. The second-order valence-electron chi connectivity index (χ2n) is 3.86. The average molecular weight is 174 g/mol. The van der Waals surface area contributed by atoms with E-state index in [0.29, 0.717) is 12.0 Å². The average Bonchev–Trinajstić information content (AvgIpc) is 1.99. The molecule has 2 N–H and O–H groups in total. The lowest BCUT2D eigenvalue weighted by molar-refractivity contribution is 0.227. The Morgan fingerprint density at radius 1 is 1.33 bits per heavy atom. The predicted molar refractivity (Wildman–Crippen MR) is 52.3 cm³/mol. The molecule has 0 heterocycles. The molecule has 0 aliphatic heterocycles. The molecule has 0 rings (SSSR count). The first kappa shape index (κ1) is 11.9. The third-order valence-corrected chi connectivity index (χ3v) is 1.77. The zero-order valence-electron chi connectivity index (χ0n) is 8.67. The van der Waals surface area contributed by atoms with Gasteiger partial charge in [0.15, 0.2) is 0 Å². The van der Waals surface area contributed by atoms with Gasteiger partial charge in [-0.25, -0.2) is 0 Å². The van der Waals surface area contributed by atoms with Crippen LogP contribution < -0.4 is 5.32 Å². The fourth-order valence-electron chi connectivity index (χ4n) is 1.08. The number of hydrogen-bond acceptors (Lipinski definition) is 3. The Balaban J connectivity index is 3.36. The minimum absolute atomic E-state index is 0.266. The molecule has 0 aromatic rings. The third kappa shape index (κ3) is 6.58. The molecule has 0 radical (unpaired) electrons. The van der Waals surface area contributed by atoms with Gasteiger partial charge in [-0.3, -0.25) is 0 Å². The van der Waals surface area contributed by atoms with Crippen LogP contribution in [0.4, 0.5) is 0 Å². The van der Waals surface area contributed by atoms with E-state index in [4.69, 9.17) is 5.11 Å². The summed E-state index contributed by atoms with van der Waals surface area (Å²) in [5.41, 5.74) is 0. The largest absolute Gasteiger partial charge is 0.396 e. The molecule has 0 aromatic heterocycles. The van der Waals surface area contributed by atoms with E-state index in [1.165, 1.54) is 0 Å². The number of aliphatic hydroxyl groups excluding tert-OH is 1. The van der Waals surface area contributed by atoms with Crippen molar-refractivity contribution in [3.05, 3.63) is 0 Å². The van der Waals surface area contributed by atoms with E-state index in [9.17, 15) is 0 Å². The molecule has 0 saturated carbocycles. The Bertz CT molecular complexity index is 107. The first-order valence-corrected chi connectivity index (χ1v) is 4.55. The Morgan fingerprint density at radius 3 is 2.33 bits per heavy atom. The summed E-state index contributed by atoms with van der Waals surface area (Å²) in [4.78, 5) is 2.15. The number of hydrogen-bond donors (Lipinski definition) is 2. The van der Waals surface area contributed by atoms with Crippen LogP contribution in [0.2, 0.25) is 0 Å². The van der Waals surface area contributed by atoms with Gasteiger partial charge >= 0.3 is 0 Å². The fourth-order valence-corrected chi connectivity index (χ4v) is 1.08. The van der Waals surface area contributed by atoms with Gasteiger partial charge in [0.05, 0.1) is 0 Å². The van der Waals surface area contributed by atoms with Crippen molar-refractivity contribution in [2.45, 2.75) is 19.9 Å². The molecule has 0 amide bonds. The lowest BCUT2D eigenvalue weighted by atomic mass is 10.2. The van der Waals surface area contributed by atoms with Gasteiger partial charge in [-0.05, 0) is 26.9 Å². The van der Waals surface area contributed by atoms with Crippen LogP contribution in [0.1, 0.15) is 13.8 Å². The van der Waals surface area contributed by atoms with Crippen molar-refractivity contribution >= 4 is 0 Å². The number of rotatable bonds is 6. The highest BCUT2D eigenvalue weighted by atomic mass is 16.3. The van der Waals surface area contributed by atoms with Crippen molar-refractivity contribution in [1.29, 1.82) is 0 Å². The van der Waals surface area contributed by atoms with Crippen molar-refractivity contribution in [3.63, 3.8) is 0 Å². The minimum atomic E-state index is 0.266. The van der Waals surface area contributed by atoms with Crippen molar-refractivity contribution in [2.75, 3.05) is 33.8 Å². The lowest BCUT2D eigenvalue weighted by Crippen LogP contribution is -2.38. The molecule has 0 aliphatic carbocycles. The van der Waals surface area contributed by atoms with Gasteiger partial charge in [-0.2, -0.15) is 0 Å². The maximum absolute atomic E-state index is 8.78. The summed E-state index contributed by atoms with van der Waals surface area (Å²) < 4.78 is 0. The molecule has 74 valence electrons. The van der Waals surface area contributed by atoms with Crippen LogP contribution in [-0.2, 0) is 0 Å². The Hall–Kier alpha value is -0.120. The maximum atomic E-state index is 8.78. The second-order valence-corrected chi connectivity index (χ2v) is 3.86. The van der Waals surface area contributed by atoms with Gasteiger partial charge in [-0.15, -0.1) is 0 Å². The van der Waals surface area contributed by atoms with E-state index in [-0.39, 0.29) is 6.61 Å². The molecule has 0 fully saturated rings. The van der Waals surface area contributed by atoms with E-state index in [1.807, 2.05) is 6.92 Å². The van der Waals surface area contributed by atoms with Crippen LogP contribution in [0.15, 0.2) is 0 Å². The van der Waals surface area contributed by atoms with Crippen LogP contribution in [0.25, 0.3) is 0 Å². The van der Waals surface area contributed by atoms with E-state index in [2.05, 4.69) is 31.2 Å². The minimum Gasteiger partial charge on any atom is -0.396 e. The summed E-state index contributed by atoms with van der Waals surface area (Å²) in [5, 5.41) is 12.1. The summed E-state index contributed by atoms with van der Waals surface area (Å²) in [7, 11) is 4.13. The molecule has 2 atom stereocenters.